The molecule has 1 saturated carbocycles. The fourth-order valence-corrected chi connectivity index (χ4v) is 1.75. The second-order valence-electron chi connectivity index (χ2n) is 3.86. The highest BCUT2D eigenvalue weighted by atomic mass is 16.2. The highest BCUT2D eigenvalue weighted by molar-refractivity contribution is 6.34. The summed E-state index contributed by atoms with van der Waals surface area (Å²) < 4.78 is 0. The predicted molar refractivity (Wildman–Crippen MR) is 51.9 cm³/mol. The van der Waals surface area contributed by atoms with E-state index < -0.39 is 11.8 Å². The molecule has 0 radical (unpaired) electrons. The van der Waals surface area contributed by atoms with Crippen molar-refractivity contribution in [3.05, 3.63) is 0 Å². The minimum Gasteiger partial charge on any atom is -0.347 e. The molecule has 0 saturated heterocycles. The first-order valence-corrected chi connectivity index (χ1v) is 4.92. The molecule has 0 unspecified atom stereocenters. The van der Waals surface area contributed by atoms with Gasteiger partial charge in [0.05, 0.1) is 0 Å². The third kappa shape index (κ3) is 2.23. The molecular formula is C9H17N3O2. The van der Waals surface area contributed by atoms with E-state index in [1.54, 1.807) is 5.43 Å². The molecule has 5 nitrogen and oxygen atoms in total. The molecule has 0 bridgehead atoms. The molecule has 0 aromatic heterocycles. The van der Waals surface area contributed by atoms with Gasteiger partial charge in [-0.15, -0.1) is 0 Å². The number of hydrazine groups is 1. The van der Waals surface area contributed by atoms with Gasteiger partial charge < -0.3 is 5.32 Å². The van der Waals surface area contributed by atoms with E-state index in [9.17, 15) is 9.59 Å². The Morgan fingerprint density at radius 2 is 2.00 bits per heavy atom. The van der Waals surface area contributed by atoms with Gasteiger partial charge >= 0.3 is 11.8 Å². The fourth-order valence-electron chi connectivity index (χ4n) is 1.75. The second-order valence-corrected chi connectivity index (χ2v) is 3.86. The van der Waals surface area contributed by atoms with Crippen molar-refractivity contribution in [2.75, 3.05) is 6.54 Å². The molecule has 0 aromatic carbocycles. The predicted octanol–water partition coefficient (Wildman–Crippen LogP) is -0.327. The van der Waals surface area contributed by atoms with Gasteiger partial charge in [0.2, 0.25) is 0 Å². The summed E-state index contributed by atoms with van der Waals surface area (Å²) in [5, 5.41) is 2.60. The zero-order valence-electron chi connectivity index (χ0n) is 8.43. The van der Waals surface area contributed by atoms with E-state index in [1.807, 2.05) is 0 Å². The van der Waals surface area contributed by atoms with E-state index in [1.165, 1.54) is 6.42 Å². The van der Waals surface area contributed by atoms with Gasteiger partial charge in [0.1, 0.15) is 0 Å². The lowest BCUT2D eigenvalue weighted by molar-refractivity contribution is -0.139. The molecule has 4 N–H and O–H groups in total. The Hall–Kier alpha value is -1.10. The molecule has 80 valence electrons. The Bertz CT molecular complexity index is 231. The first kappa shape index (κ1) is 11.0. The Labute approximate surface area is 83.4 Å². The van der Waals surface area contributed by atoms with Gasteiger partial charge in [0.25, 0.3) is 0 Å². The van der Waals surface area contributed by atoms with Crippen LogP contribution in [0.1, 0.15) is 32.6 Å². The summed E-state index contributed by atoms with van der Waals surface area (Å²) in [6.07, 6.45) is 4.52. The van der Waals surface area contributed by atoms with E-state index in [-0.39, 0.29) is 5.41 Å². The normalized spacial score (nSPS) is 18.1. The average Bonchev–Trinajstić information content (AvgIpc) is 2.15. The molecule has 5 heteroatoms. The van der Waals surface area contributed by atoms with E-state index in [0.717, 1.165) is 19.3 Å². The first-order valence-electron chi connectivity index (χ1n) is 4.92. The number of nitrogens with two attached hydrogens (primary N) is 1. The van der Waals surface area contributed by atoms with Gasteiger partial charge in [0.15, 0.2) is 0 Å². The summed E-state index contributed by atoms with van der Waals surface area (Å²) in [4.78, 5) is 21.8. The number of nitrogens with one attached hydrogen (secondary N) is 2. The Kier molecular flexibility index (Phi) is 3.46. The lowest BCUT2D eigenvalue weighted by Gasteiger charge is -2.41. The largest absolute Gasteiger partial charge is 0.347 e. The summed E-state index contributed by atoms with van der Waals surface area (Å²) in [6, 6.07) is 0. The van der Waals surface area contributed by atoms with Gasteiger partial charge in [-0.25, -0.2) is 5.84 Å². The third-order valence-electron chi connectivity index (χ3n) is 3.13. The number of amides is 2. The van der Waals surface area contributed by atoms with Gasteiger partial charge in [-0.3, -0.25) is 15.0 Å². The molecule has 1 aliphatic rings. The minimum atomic E-state index is -0.782. The molecule has 0 aromatic rings. The molecular weight excluding hydrogens is 182 g/mol. The lowest BCUT2D eigenvalue weighted by Crippen LogP contribution is -2.48. The van der Waals surface area contributed by atoms with Crippen LogP contribution in [0.2, 0.25) is 0 Å². The molecule has 2 amide bonds. The number of rotatable bonds is 3. The first-order chi connectivity index (χ1) is 6.63. The number of hydrogen-bond acceptors (Lipinski definition) is 3. The van der Waals surface area contributed by atoms with Gasteiger partial charge in [-0.1, -0.05) is 13.3 Å². The molecule has 14 heavy (non-hydrogen) atoms. The van der Waals surface area contributed by atoms with E-state index in [2.05, 4.69) is 12.2 Å². The maximum absolute atomic E-state index is 11.1. The molecule has 0 atom stereocenters. The minimum absolute atomic E-state index is 0.227. The molecule has 1 fully saturated rings. The molecule has 0 aliphatic heterocycles. The fraction of sp³-hybridized carbons (Fsp3) is 0.778. The Morgan fingerprint density at radius 3 is 2.36 bits per heavy atom. The smallest absolute Gasteiger partial charge is 0.323 e. The second kappa shape index (κ2) is 4.41. The number of carbonyl (C=O) groups is 2. The van der Waals surface area contributed by atoms with Crippen molar-refractivity contribution >= 4 is 11.8 Å². The van der Waals surface area contributed by atoms with E-state index >= 15 is 0 Å². The quantitative estimate of drug-likeness (QED) is 0.252. The molecule has 0 spiro atoms. The topological polar surface area (TPSA) is 84.2 Å². The summed E-state index contributed by atoms with van der Waals surface area (Å²) in [5.74, 6) is 3.40. The zero-order chi connectivity index (χ0) is 10.6. The van der Waals surface area contributed by atoms with Crippen molar-refractivity contribution < 1.29 is 9.59 Å². The van der Waals surface area contributed by atoms with Crippen molar-refractivity contribution in [2.45, 2.75) is 32.6 Å². The van der Waals surface area contributed by atoms with Crippen LogP contribution in [0.3, 0.4) is 0 Å². The molecule has 0 heterocycles. The summed E-state index contributed by atoms with van der Waals surface area (Å²) in [5.41, 5.74) is 2.03. The standard InChI is InChI=1S/C9H17N3O2/c1-2-9(4-3-5-9)6-11-7(13)8(14)12-10/h2-6,10H2,1H3,(H,11,13)(H,12,14). The maximum atomic E-state index is 11.1. The van der Waals surface area contributed by atoms with Crippen molar-refractivity contribution in [2.24, 2.45) is 11.3 Å². The Morgan fingerprint density at radius 1 is 1.36 bits per heavy atom. The number of carbonyl (C=O) groups excluding carboxylic acids is 2. The van der Waals surface area contributed by atoms with Crippen LogP contribution in [0.15, 0.2) is 0 Å². The van der Waals surface area contributed by atoms with Crippen LogP contribution in [-0.4, -0.2) is 18.4 Å². The third-order valence-corrected chi connectivity index (χ3v) is 3.13. The van der Waals surface area contributed by atoms with Crippen molar-refractivity contribution in [1.29, 1.82) is 0 Å². The van der Waals surface area contributed by atoms with Crippen molar-refractivity contribution in [1.82, 2.24) is 10.7 Å². The monoisotopic (exact) mass is 199 g/mol. The average molecular weight is 199 g/mol. The SMILES string of the molecule is CCC1(CNC(=O)C(=O)NN)CCC1. The van der Waals surface area contributed by atoms with Crippen LogP contribution >= 0.6 is 0 Å². The van der Waals surface area contributed by atoms with E-state index in [0.29, 0.717) is 6.54 Å². The van der Waals surface area contributed by atoms with Gasteiger partial charge in [0, 0.05) is 6.54 Å². The van der Waals surface area contributed by atoms with Crippen molar-refractivity contribution in [3.8, 4) is 0 Å². The molecule has 1 aliphatic carbocycles. The summed E-state index contributed by atoms with van der Waals surface area (Å²) in [6.45, 7) is 2.68. The number of hydrogen-bond donors (Lipinski definition) is 3. The van der Waals surface area contributed by atoms with E-state index in [4.69, 9.17) is 5.84 Å². The summed E-state index contributed by atoms with van der Waals surface area (Å²) in [7, 11) is 0. The van der Waals surface area contributed by atoms with Crippen LogP contribution < -0.4 is 16.6 Å². The highest BCUT2D eigenvalue weighted by Crippen LogP contribution is 2.42. The zero-order valence-corrected chi connectivity index (χ0v) is 8.43. The van der Waals surface area contributed by atoms with Crippen LogP contribution in [-0.2, 0) is 9.59 Å². The van der Waals surface area contributed by atoms with Gasteiger partial charge in [-0.2, -0.15) is 0 Å². The summed E-state index contributed by atoms with van der Waals surface area (Å²) >= 11 is 0. The molecule has 1 rings (SSSR count). The maximum Gasteiger partial charge on any atom is 0.323 e. The van der Waals surface area contributed by atoms with Crippen LogP contribution in [0.25, 0.3) is 0 Å². The van der Waals surface area contributed by atoms with Gasteiger partial charge in [-0.05, 0) is 24.7 Å². The Balaban J connectivity index is 2.32. The van der Waals surface area contributed by atoms with Crippen LogP contribution in [0.4, 0.5) is 0 Å². The lowest BCUT2D eigenvalue weighted by atomic mass is 9.67. The van der Waals surface area contributed by atoms with Crippen LogP contribution in [0, 0.1) is 5.41 Å². The van der Waals surface area contributed by atoms with Crippen molar-refractivity contribution in [3.63, 3.8) is 0 Å². The van der Waals surface area contributed by atoms with Crippen LogP contribution in [0.5, 0.6) is 0 Å². The highest BCUT2D eigenvalue weighted by Gasteiger charge is 2.35.